The molecule has 2 saturated heterocycles. The van der Waals surface area contributed by atoms with Gasteiger partial charge >= 0.3 is 12.2 Å². The lowest BCUT2D eigenvalue weighted by molar-refractivity contribution is -0.137. The Morgan fingerprint density at radius 3 is 2.52 bits per heavy atom. The average molecular weight is 660 g/mol. The van der Waals surface area contributed by atoms with Crippen LogP contribution in [0.4, 0.5) is 29.3 Å². The fraction of sp³-hybridized carbons (Fsp3) is 0.387. The third-order valence-corrected chi connectivity index (χ3v) is 8.24. The van der Waals surface area contributed by atoms with E-state index in [0.29, 0.717) is 35.9 Å². The molecule has 11 nitrogen and oxygen atoms in total. The molecule has 2 N–H and O–H groups in total. The number of benzene rings is 1. The first kappa shape index (κ1) is 32.8. The summed E-state index contributed by atoms with van der Waals surface area (Å²) in [4.78, 5) is 52.7. The molecule has 0 bridgehead atoms. The van der Waals surface area contributed by atoms with Gasteiger partial charge in [0, 0.05) is 43.9 Å². The van der Waals surface area contributed by atoms with Crippen molar-refractivity contribution in [3.63, 3.8) is 0 Å². The molecule has 0 spiro atoms. The number of alkyl halides is 3. The molecule has 15 heteroatoms. The number of nitrogens with one attached hydrogen (secondary N) is 2. The number of hydrogen-bond acceptors (Lipinski definition) is 7. The fourth-order valence-electron chi connectivity index (χ4n) is 5.77. The molecular formula is C31H33ClF3N7O4. The van der Waals surface area contributed by atoms with Crippen LogP contribution in [-0.4, -0.2) is 84.6 Å². The summed E-state index contributed by atoms with van der Waals surface area (Å²) in [6, 6.07) is 9.01. The van der Waals surface area contributed by atoms with E-state index in [1.54, 1.807) is 35.4 Å². The smallest absolute Gasteiger partial charge is 0.418 e. The first-order chi connectivity index (χ1) is 22.0. The number of likely N-dealkylation sites (N-methyl/N-ethyl adjacent to an activating group) is 1. The summed E-state index contributed by atoms with van der Waals surface area (Å²) in [6.45, 7) is 4.26. The number of pyridine rings is 2. The van der Waals surface area contributed by atoms with Crippen molar-refractivity contribution in [1.29, 1.82) is 0 Å². The van der Waals surface area contributed by atoms with E-state index in [0.717, 1.165) is 11.0 Å². The van der Waals surface area contributed by atoms with Crippen molar-refractivity contribution in [3.05, 3.63) is 64.9 Å². The summed E-state index contributed by atoms with van der Waals surface area (Å²) >= 11 is 5.88. The topological polar surface area (TPSA) is 120 Å². The summed E-state index contributed by atoms with van der Waals surface area (Å²) in [6.07, 6.45) is -2.58. The summed E-state index contributed by atoms with van der Waals surface area (Å²) in [5.74, 6) is -0.659. The lowest BCUT2D eigenvalue weighted by Gasteiger charge is -2.44. The number of anilines is 2. The summed E-state index contributed by atoms with van der Waals surface area (Å²) in [5, 5.41) is 4.98. The van der Waals surface area contributed by atoms with Crippen LogP contribution in [0, 0.1) is 0 Å². The number of nitrogens with zero attached hydrogens (tertiary/aromatic N) is 5. The fourth-order valence-corrected chi connectivity index (χ4v) is 5.94. The van der Waals surface area contributed by atoms with Gasteiger partial charge in [-0.2, -0.15) is 13.2 Å². The second-order valence-electron chi connectivity index (χ2n) is 10.8. The second-order valence-corrected chi connectivity index (χ2v) is 11.2. The standard InChI is InChI=1S/C31H33ClF3N7O4/c1-4-19-15-41-20(17-42(30(41)45)24-10-8-18(32)13-22(24)31(33,34)35)16-40(19)25-11-9-23(21-7-6-12-37-29(21)46-5-2)39-27(25)28(44)38-14-26(43)36-3/h6-13,19-20H,4-5,14-17H2,1-3H3,(H,36,43)(H,38,44)/t19-,20+/m1/s1. The lowest BCUT2D eigenvalue weighted by Crippen LogP contribution is -2.58. The van der Waals surface area contributed by atoms with E-state index in [1.807, 2.05) is 18.7 Å². The van der Waals surface area contributed by atoms with E-state index < -0.39 is 35.6 Å². The maximum Gasteiger partial charge on any atom is 0.418 e. The zero-order chi connectivity index (χ0) is 33.2. The van der Waals surface area contributed by atoms with E-state index in [1.165, 1.54) is 19.2 Å². The van der Waals surface area contributed by atoms with Crippen LogP contribution in [0.3, 0.4) is 0 Å². The number of piperazine rings is 1. The Morgan fingerprint density at radius 2 is 1.83 bits per heavy atom. The van der Waals surface area contributed by atoms with Crippen molar-refractivity contribution in [3.8, 4) is 17.1 Å². The third kappa shape index (κ3) is 6.52. The first-order valence-corrected chi connectivity index (χ1v) is 15.1. The molecule has 2 aromatic heterocycles. The zero-order valence-corrected chi connectivity index (χ0v) is 26.2. The molecule has 4 heterocycles. The van der Waals surface area contributed by atoms with Crippen LogP contribution in [0.2, 0.25) is 5.02 Å². The molecule has 5 rings (SSSR count). The van der Waals surface area contributed by atoms with E-state index in [-0.39, 0.29) is 48.6 Å². The average Bonchev–Trinajstić information content (AvgIpc) is 3.37. The van der Waals surface area contributed by atoms with Crippen molar-refractivity contribution >= 4 is 40.8 Å². The third-order valence-electron chi connectivity index (χ3n) is 8.01. The van der Waals surface area contributed by atoms with E-state index >= 15 is 0 Å². The predicted molar refractivity (Wildman–Crippen MR) is 166 cm³/mol. The molecule has 1 aromatic carbocycles. The highest BCUT2D eigenvalue weighted by molar-refractivity contribution is 6.30. The molecule has 2 aliphatic rings. The van der Waals surface area contributed by atoms with Gasteiger partial charge in [-0.05, 0) is 55.8 Å². The van der Waals surface area contributed by atoms with Crippen molar-refractivity contribution < 1.29 is 32.3 Å². The van der Waals surface area contributed by atoms with Gasteiger partial charge in [0.15, 0.2) is 5.69 Å². The number of ether oxygens (including phenoxy) is 1. The Labute approximate surface area is 268 Å². The number of urea groups is 1. The van der Waals surface area contributed by atoms with Crippen LogP contribution in [0.5, 0.6) is 5.88 Å². The second kappa shape index (κ2) is 13.4. The molecule has 0 unspecified atom stereocenters. The van der Waals surface area contributed by atoms with Crippen LogP contribution in [0.25, 0.3) is 11.3 Å². The van der Waals surface area contributed by atoms with Gasteiger partial charge in [-0.15, -0.1) is 0 Å². The molecule has 46 heavy (non-hydrogen) atoms. The van der Waals surface area contributed by atoms with Crippen molar-refractivity contribution in [2.24, 2.45) is 0 Å². The highest BCUT2D eigenvalue weighted by Crippen LogP contribution is 2.41. The van der Waals surface area contributed by atoms with Crippen molar-refractivity contribution in [1.82, 2.24) is 25.5 Å². The maximum absolute atomic E-state index is 14.0. The van der Waals surface area contributed by atoms with Crippen LogP contribution < -0.4 is 25.2 Å². The Kier molecular flexibility index (Phi) is 9.56. The minimum absolute atomic E-state index is 0.00635. The predicted octanol–water partition coefficient (Wildman–Crippen LogP) is 4.60. The van der Waals surface area contributed by atoms with E-state index in [4.69, 9.17) is 21.3 Å². The minimum atomic E-state index is -4.72. The summed E-state index contributed by atoms with van der Waals surface area (Å²) < 4.78 is 47.5. The number of fused-ring (bicyclic) bond motifs is 1. The summed E-state index contributed by atoms with van der Waals surface area (Å²) in [7, 11) is 1.45. The molecule has 4 amide bonds. The normalized spacial score (nSPS) is 18.0. The Morgan fingerprint density at radius 1 is 1.07 bits per heavy atom. The molecular weight excluding hydrogens is 627 g/mol. The van der Waals surface area contributed by atoms with Crippen molar-refractivity contribution in [2.75, 3.05) is 49.6 Å². The van der Waals surface area contributed by atoms with Gasteiger partial charge in [0.25, 0.3) is 5.91 Å². The van der Waals surface area contributed by atoms with Gasteiger partial charge in [-0.25, -0.2) is 14.8 Å². The van der Waals surface area contributed by atoms with E-state index in [2.05, 4.69) is 15.6 Å². The van der Waals surface area contributed by atoms with Gasteiger partial charge in [0.05, 0.1) is 47.4 Å². The van der Waals surface area contributed by atoms with Crippen LogP contribution >= 0.6 is 11.6 Å². The molecule has 2 fully saturated rings. The molecule has 0 saturated carbocycles. The Balaban J connectivity index is 1.52. The van der Waals surface area contributed by atoms with Gasteiger partial charge in [-0.3, -0.25) is 14.5 Å². The van der Waals surface area contributed by atoms with Crippen LogP contribution in [0.1, 0.15) is 36.3 Å². The number of aromatic nitrogens is 2. The molecule has 2 aliphatic heterocycles. The van der Waals surface area contributed by atoms with Gasteiger partial charge in [0.1, 0.15) is 0 Å². The summed E-state index contributed by atoms with van der Waals surface area (Å²) in [5.41, 5.74) is 0.222. The van der Waals surface area contributed by atoms with Crippen molar-refractivity contribution in [2.45, 2.75) is 38.5 Å². The monoisotopic (exact) mass is 659 g/mol. The molecule has 3 aromatic rings. The zero-order valence-electron chi connectivity index (χ0n) is 25.4. The SMILES string of the molecule is CCOc1ncccc1-c1ccc(N2C[C@H]3CN(c4ccc(Cl)cc4C(F)(F)F)C(=O)N3C[C@H]2CC)c(C(=O)NCC(=O)NC)n1. The highest BCUT2D eigenvalue weighted by Gasteiger charge is 2.47. The molecule has 0 aliphatic carbocycles. The lowest BCUT2D eigenvalue weighted by atomic mass is 10.0. The number of carbonyl (C=O) groups is 3. The van der Waals surface area contributed by atoms with Gasteiger partial charge in [0.2, 0.25) is 11.8 Å². The van der Waals surface area contributed by atoms with Gasteiger partial charge < -0.3 is 25.2 Å². The minimum Gasteiger partial charge on any atom is -0.477 e. The number of amides is 4. The number of halogens is 4. The maximum atomic E-state index is 14.0. The van der Waals surface area contributed by atoms with E-state index in [9.17, 15) is 27.6 Å². The Bertz CT molecular complexity index is 1640. The molecule has 0 radical (unpaired) electrons. The van der Waals surface area contributed by atoms with Crippen LogP contribution in [0.15, 0.2) is 48.7 Å². The number of carbonyl (C=O) groups excluding carboxylic acids is 3. The molecule has 2 atom stereocenters. The largest absolute Gasteiger partial charge is 0.477 e. The highest BCUT2D eigenvalue weighted by atomic mass is 35.5. The van der Waals surface area contributed by atoms with Gasteiger partial charge in [-0.1, -0.05) is 18.5 Å². The number of hydrogen-bond donors (Lipinski definition) is 2. The number of rotatable bonds is 9. The quantitative estimate of drug-likeness (QED) is 0.345. The van der Waals surface area contributed by atoms with Crippen LogP contribution in [-0.2, 0) is 11.0 Å². The first-order valence-electron chi connectivity index (χ1n) is 14.8. The Hall–Kier alpha value is -4.59. The molecule has 244 valence electrons.